The molecule has 0 aliphatic rings. The van der Waals surface area contributed by atoms with Crippen molar-refractivity contribution in [2.24, 2.45) is 5.10 Å². The van der Waals surface area contributed by atoms with Crippen LogP contribution in [-0.2, 0) is 11.2 Å². The molecule has 5 heteroatoms. The number of nitrogens with one attached hydrogen (secondary N) is 1. The molecule has 1 atom stereocenters. The van der Waals surface area contributed by atoms with Crippen molar-refractivity contribution in [3.05, 3.63) is 71.3 Å². The molecule has 0 aliphatic heterocycles. The Balaban J connectivity index is 2.00. The number of halogens is 2. The Kier molecular flexibility index (Phi) is 5.57. The van der Waals surface area contributed by atoms with Gasteiger partial charge in [0.2, 0.25) is 5.91 Å². The largest absolute Gasteiger partial charge is 0.273 e. The van der Waals surface area contributed by atoms with E-state index in [0.29, 0.717) is 5.71 Å². The average molecular weight is 316 g/mol. The lowest BCUT2D eigenvalue weighted by Crippen LogP contribution is -2.23. The number of nitrogens with zero attached hydrogens (tertiary/aromatic N) is 1. The van der Waals surface area contributed by atoms with Crippen LogP contribution in [0.3, 0.4) is 0 Å². The summed E-state index contributed by atoms with van der Waals surface area (Å²) < 4.78 is 27.0. The highest BCUT2D eigenvalue weighted by molar-refractivity contribution is 5.90. The minimum Gasteiger partial charge on any atom is -0.273 e. The van der Waals surface area contributed by atoms with Crippen molar-refractivity contribution in [3.8, 4) is 0 Å². The minimum atomic E-state index is -0.737. The van der Waals surface area contributed by atoms with Gasteiger partial charge in [0.15, 0.2) is 0 Å². The highest BCUT2D eigenvalue weighted by Gasteiger charge is 2.13. The van der Waals surface area contributed by atoms with Crippen LogP contribution in [0, 0.1) is 11.6 Å². The molecule has 0 fully saturated rings. The molecule has 0 radical (unpaired) electrons. The van der Waals surface area contributed by atoms with Gasteiger partial charge in [0, 0.05) is 17.2 Å². The molecule has 1 N–H and O–H groups in total. The summed E-state index contributed by atoms with van der Waals surface area (Å²) in [5.41, 5.74) is 3.88. The van der Waals surface area contributed by atoms with E-state index in [1.807, 2.05) is 37.3 Å². The van der Waals surface area contributed by atoms with E-state index in [2.05, 4.69) is 10.5 Å². The summed E-state index contributed by atoms with van der Waals surface area (Å²) in [7, 11) is 0. The number of amides is 1. The molecule has 0 aromatic heterocycles. The monoisotopic (exact) mass is 316 g/mol. The van der Waals surface area contributed by atoms with Crippen LogP contribution in [0.1, 0.15) is 30.9 Å². The van der Waals surface area contributed by atoms with Crippen LogP contribution in [0.15, 0.2) is 53.6 Å². The molecule has 0 bridgehead atoms. The lowest BCUT2D eigenvalue weighted by Gasteiger charge is -2.11. The Hall–Kier alpha value is -2.56. The molecule has 0 heterocycles. The Labute approximate surface area is 134 Å². The summed E-state index contributed by atoms with van der Waals surface area (Å²) >= 11 is 0. The van der Waals surface area contributed by atoms with Gasteiger partial charge in [-0.15, -0.1) is 0 Å². The number of carbonyl (C=O) groups excluding carboxylic acids is 1. The predicted molar refractivity (Wildman–Crippen MR) is 86.2 cm³/mol. The van der Waals surface area contributed by atoms with Gasteiger partial charge in [0.05, 0.1) is 6.42 Å². The van der Waals surface area contributed by atoms with Crippen molar-refractivity contribution in [2.75, 3.05) is 0 Å². The molecule has 0 aliphatic carbocycles. The van der Waals surface area contributed by atoms with E-state index in [-0.39, 0.29) is 11.5 Å². The first kappa shape index (κ1) is 16.8. The van der Waals surface area contributed by atoms with E-state index >= 15 is 0 Å². The van der Waals surface area contributed by atoms with E-state index in [9.17, 15) is 13.6 Å². The van der Waals surface area contributed by atoms with Gasteiger partial charge < -0.3 is 0 Å². The molecular formula is C18H18F2N2O. The van der Waals surface area contributed by atoms with Gasteiger partial charge in [-0.1, -0.05) is 43.3 Å². The van der Waals surface area contributed by atoms with E-state index < -0.39 is 24.0 Å². The highest BCUT2D eigenvalue weighted by atomic mass is 19.1. The molecule has 0 saturated heterocycles. The first-order valence-electron chi connectivity index (χ1n) is 7.30. The smallest absolute Gasteiger partial charge is 0.244 e. The predicted octanol–water partition coefficient (Wildman–Crippen LogP) is 3.80. The number of benzene rings is 2. The molecule has 1 amide bonds. The van der Waals surface area contributed by atoms with Gasteiger partial charge >= 0.3 is 0 Å². The van der Waals surface area contributed by atoms with Crippen molar-refractivity contribution in [1.29, 1.82) is 0 Å². The Morgan fingerprint density at radius 1 is 1.09 bits per heavy atom. The minimum absolute atomic E-state index is 0.0293. The summed E-state index contributed by atoms with van der Waals surface area (Å²) in [6.45, 7) is 3.76. The van der Waals surface area contributed by atoms with Gasteiger partial charge in [0.1, 0.15) is 11.6 Å². The summed E-state index contributed by atoms with van der Waals surface area (Å²) in [5.74, 6) is -2.01. The van der Waals surface area contributed by atoms with Crippen LogP contribution in [0.2, 0.25) is 0 Å². The van der Waals surface area contributed by atoms with Crippen LogP contribution in [0.4, 0.5) is 8.78 Å². The normalized spacial score (nSPS) is 12.8. The van der Waals surface area contributed by atoms with Crippen molar-refractivity contribution >= 4 is 11.6 Å². The summed E-state index contributed by atoms with van der Waals surface area (Å²) in [5, 5.41) is 4.03. The molecule has 0 spiro atoms. The third-order valence-electron chi connectivity index (χ3n) is 3.68. The maximum Gasteiger partial charge on any atom is 0.244 e. The van der Waals surface area contributed by atoms with Crippen molar-refractivity contribution in [1.82, 2.24) is 5.43 Å². The number of hydrogen-bond donors (Lipinski definition) is 1. The van der Waals surface area contributed by atoms with Gasteiger partial charge in [-0.2, -0.15) is 5.10 Å². The van der Waals surface area contributed by atoms with Crippen molar-refractivity contribution in [2.45, 2.75) is 26.2 Å². The summed E-state index contributed by atoms with van der Waals surface area (Å²) in [6.07, 6.45) is -0.394. The van der Waals surface area contributed by atoms with Gasteiger partial charge in [-0.3, -0.25) is 4.79 Å². The first-order valence-corrected chi connectivity index (χ1v) is 7.30. The van der Waals surface area contributed by atoms with Crippen molar-refractivity contribution in [3.63, 3.8) is 0 Å². The quantitative estimate of drug-likeness (QED) is 0.661. The van der Waals surface area contributed by atoms with Crippen LogP contribution >= 0.6 is 0 Å². The fraction of sp³-hybridized carbons (Fsp3) is 0.222. The number of carbonyl (C=O) groups is 1. The fourth-order valence-electron chi connectivity index (χ4n) is 2.13. The van der Waals surface area contributed by atoms with Gasteiger partial charge in [0.25, 0.3) is 0 Å². The topological polar surface area (TPSA) is 41.5 Å². The third kappa shape index (κ3) is 4.45. The van der Waals surface area contributed by atoms with Crippen molar-refractivity contribution < 1.29 is 13.6 Å². The summed E-state index contributed by atoms with van der Waals surface area (Å²) in [6, 6.07) is 13.2. The Bertz CT molecular complexity index is 694. The van der Waals surface area contributed by atoms with Crippen LogP contribution in [0.25, 0.3) is 0 Å². The van der Waals surface area contributed by atoms with E-state index in [1.54, 1.807) is 6.92 Å². The molecule has 3 nitrogen and oxygen atoms in total. The van der Waals surface area contributed by atoms with E-state index in [0.717, 1.165) is 17.7 Å². The molecule has 0 saturated carbocycles. The zero-order chi connectivity index (χ0) is 16.8. The van der Waals surface area contributed by atoms with Crippen LogP contribution in [0.5, 0.6) is 0 Å². The Morgan fingerprint density at radius 3 is 2.30 bits per heavy atom. The molecule has 1 unspecified atom stereocenters. The van der Waals surface area contributed by atoms with Gasteiger partial charge in [-0.25, -0.2) is 14.2 Å². The molecule has 2 aromatic rings. The van der Waals surface area contributed by atoms with Crippen LogP contribution in [-0.4, -0.2) is 11.6 Å². The lowest BCUT2D eigenvalue weighted by molar-refractivity contribution is -0.120. The SMILES string of the molecule is CC(=NNC(=O)Cc1c(F)cccc1F)C(C)c1ccccc1. The number of hydrazone groups is 1. The molecule has 23 heavy (non-hydrogen) atoms. The van der Waals surface area contributed by atoms with E-state index in [1.165, 1.54) is 6.07 Å². The van der Waals surface area contributed by atoms with E-state index in [4.69, 9.17) is 0 Å². The Morgan fingerprint density at radius 2 is 1.70 bits per heavy atom. The summed E-state index contributed by atoms with van der Waals surface area (Å²) in [4.78, 5) is 11.8. The fourth-order valence-corrected chi connectivity index (χ4v) is 2.13. The molecule has 120 valence electrons. The second-order valence-corrected chi connectivity index (χ2v) is 5.30. The zero-order valence-electron chi connectivity index (χ0n) is 13.0. The van der Waals surface area contributed by atoms with Crippen LogP contribution < -0.4 is 5.43 Å². The lowest BCUT2D eigenvalue weighted by atomic mass is 9.97. The number of hydrogen-bond acceptors (Lipinski definition) is 2. The molecular weight excluding hydrogens is 298 g/mol. The average Bonchev–Trinajstić information content (AvgIpc) is 2.56. The second-order valence-electron chi connectivity index (χ2n) is 5.30. The zero-order valence-corrected chi connectivity index (χ0v) is 13.0. The van der Waals surface area contributed by atoms with Gasteiger partial charge in [-0.05, 0) is 24.6 Å². The maximum absolute atomic E-state index is 13.5. The highest BCUT2D eigenvalue weighted by Crippen LogP contribution is 2.16. The standard InChI is InChI=1S/C18H18F2N2O/c1-12(14-7-4-3-5-8-14)13(2)21-22-18(23)11-15-16(19)9-6-10-17(15)20/h3-10,12H,11H2,1-2H3,(H,22,23). The first-order chi connectivity index (χ1) is 11.0. The third-order valence-corrected chi connectivity index (χ3v) is 3.68. The molecule has 2 rings (SSSR count). The molecule has 2 aromatic carbocycles. The maximum atomic E-state index is 13.5. The second kappa shape index (κ2) is 7.63. The number of rotatable bonds is 5.